The molecule has 2 saturated heterocycles. The van der Waals surface area contributed by atoms with Gasteiger partial charge in [-0.15, -0.1) is 0 Å². The van der Waals surface area contributed by atoms with Gasteiger partial charge in [-0.1, -0.05) is 11.8 Å². The summed E-state index contributed by atoms with van der Waals surface area (Å²) in [5.74, 6) is 6.13. The Morgan fingerprint density at radius 1 is 1.27 bits per heavy atom. The highest BCUT2D eigenvalue weighted by Crippen LogP contribution is 2.10. The van der Waals surface area contributed by atoms with E-state index in [4.69, 9.17) is 0 Å². The van der Waals surface area contributed by atoms with Gasteiger partial charge in [0, 0.05) is 50.2 Å². The Hall–Kier alpha value is -2.92. The van der Waals surface area contributed by atoms with E-state index in [1.54, 1.807) is 19.4 Å². The van der Waals surface area contributed by atoms with Crippen LogP contribution in [-0.2, 0) is 4.79 Å². The number of amidine groups is 1. The molecule has 3 heterocycles. The molecule has 3 rings (SSSR count). The van der Waals surface area contributed by atoms with E-state index >= 15 is 0 Å². The Kier molecular flexibility index (Phi) is 5.49. The molecule has 0 aromatic carbocycles. The van der Waals surface area contributed by atoms with Crippen LogP contribution in [0, 0.1) is 11.8 Å². The maximum atomic E-state index is 11.6. The molecule has 1 atom stereocenters. The second kappa shape index (κ2) is 7.97. The number of imide groups is 1. The van der Waals surface area contributed by atoms with Crippen molar-refractivity contribution >= 4 is 17.8 Å². The average Bonchev–Trinajstić information content (AvgIpc) is 2.80. The minimum absolute atomic E-state index is 0.434. The molecule has 0 aliphatic carbocycles. The number of likely N-dealkylation sites (N-methyl/N-ethyl adjacent to an activating group) is 1. The Morgan fingerprint density at radius 3 is 2.85 bits per heavy atom. The third kappa shape index (κ3) is 4.18. The molecule has 0 radical (unpaired) electrons. The van der Waals surface area contributed by atoms with Crippen molar-refractivity contribution in [3.63, 3.8) is 0 Å². The van der Waals surface area contributed by atoms with E-state index in [1.165, 1.54) is 0 Å². The number of hydrogen-bond donors (Lipinski definition) is 2. The number of nitrogens with one attached hydrogen (secondary N) is 2. The van der Waals surface area contributed by atoms with E-state index in [0.29, 0.717) is 5.56 Å². The van der Waals surface area contributed by atoms with Crippen LogP contribution < -0.4 is 10.6 Å². The normalized spacial score (nSPS) is 21.5. The summed E-state index contributed by atoms with van der Waals surface area (Å²) in [7, 11) is 3.91. The highest BCUT2D eigenvalue weighted by Gasteiger charge is 2.27. The molecule has 2 fully saturated rings. The number of urea groups is 1. The fourth-order valence-corrected chi connectivity index (χ4v) is 3.02. The largest absolute Gasteiger partial charge is 0.355 e. The number of aromatic nitrogens is 1. The van der Waals surface area contributed by atoms with E-state index in [2.05, 4.69) is 49.3 Å². The van der Waals surface area contributed by atoms with Gasteiger partial charge in [0.15, 0.2) is 6.04 Å². The predicted octanol–water partition coefficient (Wildman–Crippen LogP) is -0.345. The van der Waals surface area contributed by atoms with Gasteiger partial charge in [-0.05, 0) is 26.1 Å². The summed E-state index contributed by atoms with van der Waals surface area (Å²) in [5, 5.41) is 4.61. The number of rotatable bonds is 1. The summed E-state index contributed by atoms with van der Waals surface area (Å²) in [5.41, 5.74) is 1.56. The van der Waals surface area contributed by atoms with Gasteiger partial charge in [-0.25, -0.2) is 4.79 Å². The third-order valence-electron chi connectivity index (χ3n) is 4.36. The maximum Gasteiger partial charge on any atom is 0.322 e. The quantitative estimate of drug-likeness (QED) is 0.312. The van der Waals surface area contributed by atoms with Crippen molar-refractivity contribution in [1.29, 1.82) is 0 Å². The van der Waals surface area contributed by atoms with Crippen LogP contribution >= 0.6 is 0 Å². The van der Waals surface area contributed by atoms with Crippen LogP contribution in [0.25, 0.3) is 0 Å². The summed E-state index contributed by atoms with van der Waals surface area (Å²) in [6.07, 6.45) is 4.49. The first-order valence-electron chi connectivity index (χ1n) is 8.55. The van der Waals surface area contributed by atoms with E-state index in [0.717, 1.165) is 44.0 Å². The highest BCUT2D eigenvalue weighted by molar-refractivity contribution is 6.06. The first-order valence-corrected chi connectivity index (χ1v) is 8.55. The number of carbonyl (C=O) groups excluding carboxylic acids is 2. The van der Waals surface area contributed by atoms with Crippen molar-refractivity contribution in [2.45, 2.75) is 12.5 Å². The van der Waals surface area contributed by atoms with Crippen LogP contribution in [0.5, 0.6) is 0 Å². The minimum atomic E-state index is -0.827. The summed E-state index contributed by atoms with van der Waals surface area (Å²) >= 11 is 0. The monoisotopic (exact) mass is 354 g/mol. The van der Waals surface area contributed by atoms with Crippen molar-refractivity contribution in [3.05, 3.63) is 29.6 Å². The van der Waals surface area contributed by atoms with E-state index < -0.39 is 18.0 Å². The van der Waals surface area contributed by atoms with Crippen LogP contribution in [-0.4, -0.2) is 78.9 Å². The highest BCUT2D eigenvalue weighted by atomic mass is 16.2. The summed E-state index contributed by atoms with van der Waals surface area (Å²) in [4.78, 5) is 36.0. The molecule has 8 nitrogen and oxygen atoms in total. The van der Waals surface area contributed by atoms with Gasteiger partial charge in [-0.2, -0.15) is 0 Å². The van der Waals surface area contributed by atoms with Gasteiger partial charge in [0.2, 0.25) is 0 Å². The smallest absolute Gasteiger partial charge is 0.322 e. The van der Waals surface area contributed by atoms with E-state index in [1.807, 2.05) is 6.07 Å². The van der Waals surface area contributed by atoms with Crippen LogP contribution in [0.4, 0.5) is 4.79 Å². The average molecular weight is 354 g/mol. The van der Waals surface area contributed by atoms with Gasteiger partial charge in [0.1, 0.15) is 5.84 Å². The minimum Gasteiger partial charge on any atom is -0.355 e. The molecule has 0 bridgehead atoms. The predicted molar refractivity (Wildman–Crippen MR) is 97.7 cm³/mol. The molecule has 1 unspecified atom stereocenters. The summed E-state index contributed by atoms with van der Waals surface area (Å²) < 4.78 is 0. The van der Waals surface area contributed by atoms with E-state index in [9.17, 15) is 9.59 Å². The van der Waals surface area contributed by atoms with Crippen molar-refractivity contribution in [3.8, 4) is 11.8 Å². The molecule has 0 saturated carbocycles. The lowest BCUT2D eigenvalue weighted by molar-refractivity contribution is -0.119. The topological polar surface area (TPSA) is 89.9 Å². The van der Waals surface area contributed by atoms with Crippen molar-refractivity contribution in [2.24, 2.45) is 4.99 Å². The fraction of sp³-hybridized carbons (Fsp3) is 0.444. The Labute approximate surface area is 152 Å². The molecule has 136 valence electrons. The van der Waals surface area contributed by atoms with Crippen molar-refractivity contribution < 1.29 is 9.59 Å². The number of aliphatic imine (C=N–C) groups is 1. The second-order valence-corrected chi connectivity index (χ2v) is 6.32. The number of amides is 3. The molecule has 3 amide bonds. The Bertz CT molecular complexity index is 794. The van der Waals surface area contributed by atoms with Gasteiger partial charge in [0.25, 0.3) is 5.91 Å². The molecule has 8 heteroatoms. The zero-order valence-corrected chi connectivity index (χ0v) is 15.0. The van der Waals surface area contributed by atoms with Crippen molar-refractivity contribution in [2.75, 3.05) is 40.3 Å². The second-order valence-electron chi connectivity index (χ2n) is 6.32. The fourth-order valence-electron chi connectivity index (χ4n) is 3.02. The molecule has 2 N–H and O–H groups in total. The first-order chi connectivity index (χ1) is 12.6. The Morgan fingerprint density at radius 2 is 2.12 bits per heavy atom. The van der Waals surface area contributed by atoms with Gasteiger partial charge in [0.05, 0.1) is 0 Å². The molecule has 1 aromatic heterocycles. The zero-order valence-electron chi connectivity index (χ0n) is 15.0. The van der Waals surface area contributed by atoms with Crippen LogP contribution in [0.2, 0.25) is 0 Å². The lowest BCUT2D eigenvalue weighted by Gasteiger charge is -2.24. The summed E-state index contributed by atoms with van der Waals surface area (Å²) in [6, 6.07) is 0.561. The van der Waals surface area contributed by atoms with Gasteiger partial charge < -0.3 is 15.1 Å². The van der Waals surface area contributed by atoms with Crippen LogP contribution in [0.1, 0.15) is 17.5 Å². The van der Waals surface area contributed by atoms with Crippen molar-refractivity contribution in [1.82, 2.24) is 25.4 Å². The Balaban J connectivity index is 1.78. The lowest BCUT2D eigenvalue weighted by atomic mass is 10.1. The number of pyridine rings is 1. The van der Waals surface area contributed by atoms with Crippen LogP contribution in [0.15, 0.2) is 23.5 Å². The SMILES string of the molecule is CN=C(c1cncc(C#CC2NC(=O)NC2=O)c1)N1CCCN(C)CC1. The zero-order chi connectivity index (χ0) is 18.5. The molecular weight excluding hydrogens is 332 g/mol. The standard InChI is InChI=1S/C18H22N6O2/c1-19-16(24-7-3-6-23(2)8-9-24)14-10-13(11-20-12-14)4-5-15-17(25)22-18(26)21-15/h10-12,15H,3,6-9H2,1-2H3,(H2,21,22,25,26). The lowest BCUT2D eigenvalue weighted by Crippen LogP contribution is -2.35. The van der Waals surface area contributed by atoms with E-state index in [-0.39, 0.29) is 0 Å². The molecule has 26 heavy (non-hydrogen) atoms. The third-order valence-corrected chi connectivity index (χ3v) is 4.36. The number of hydrogen-bond acceptors (Lipinski definition) is 5. The van der Waals surface area contributed by atoms with Gasteiger partial charge >= 0.3 is 6.03 Å². The molecular formula is C18H22N6O2. The number of nitrogens with zero attached hydrogens (tertiary/aromatic N) is 4. The molecule has 1 aromatic rings. The molecule has 2 aliphatic rings. The molecule has 0 spiro atoms. The van der Waals surface area contributed by atoms with Crippen LogP contribution in [0.3, 0.4) is 0 Å². The van der Waals surface area contributed by atoms with Gasteiger partial charge in [-0.3, -0.25) is 20.1 Å². The molecule has 2 aliphatic heterocycles. The maximum absolute atomic E-state index is 11.6. The number of carbonyl (C=O) groups is 2. The summed E-state index contributed by atoms with van der Waals surface area (Å²) in [6.45, 7) is 3.92. The first kappa shape index (κ1) is 17.9.